The number of nitrogens with two attached hydrogens (primary N) is 1. The molecule has 18 heteroatoms. The number of anilines is 2. The molecule has 4 N–H and O–H groups in total. The lowest BCUT2D eigenvalue weighted by Gasteiger charge is -2.48. The molecule has 0 aliphatic carbocycles. The molecule has 0 radical (unpaired) electrons. The summed E-state index contributed by atoms with van der Waals surface area (Å²) in [5.74, 6) is -1.07. The minimum absolute atomic E-state index is 0.135. The maximum absolute atomic E-state index is 13.9. The second-order valence-corrected chi connectivity index (χ2v) is 17.7. The van der Waals surface area contributed by atoms with Crippen LogP contribution in [0.3, 0.4) is 0 Å². The van der Waals surface area contributed by atoms with Crippen LogP contribution < -0.4 is 26.0 Å². The van der Waals surface area contributed by atoms with Crippen molar-refractivity contribution in [3.63, 3.8) is 0 Å². The molecule has 5 aliphatic rings. The van der Waals surface area contributed by atoms with E-state index in [1.165, 1.54) is 25.6 Å². The minimum Gasteiger partial charge on any atom is -0.496 e. The third-order valence-corrected chi connectivity index (χ3v) is 13.9. The maximum atomic E-state index is 13.9. The number of hydrogen-bond acceptors (Lipinski definition) is 13. The van der Waals surface area contributed by atoms with Crippen LogP contribution in [0.5, 0.6) is 5.75 Å². The van der Waals surface area contributed by atoms with Crippen LogP contribution in [0, 0.1) is 5.82 Å². The number of likely N-dealkylation sites (tertiary alicyclic amines) is 2. The summed E-state index contributed by atoms with van der Waals surface area (Å²) in [7, 11) is 1.44. The number of amides is 4. The van der Waals surface area contributed by atoms with Crippen molar-refractivity contribution < 1.29 is 28.3 Å². The van der Waals surface area contributed by atoms with E-state index in [0.717, 1.165) is 123 Å². The number of benzene rings is 3. The normalized spacial score (nSPS) is 20.3. The molecule has 7 heterocycles. The van der Waals surface area contributed by atoms with Gasteiger partial charge in [0, 0.05) is 108 Å². The zero-order valence-corrected chi connectivity index (χ0v) is 36.4. The highest BCUT2D eigenvalue weighted by atomic mass is 19.1. The molecule has 4 amide bonds. The van der Waals surface area contributed by atoms with Crippen LogP contribution in [0.2, 0.25) is 0 Å². The first-order valence-electron chi connectivity index (χ1n) is 22.5. The minimum atomic E-state index is -0.605. The predicted octanol–water partition coefficient (Wildman–Crippen LogP) is 3.06. The molecule has 0 saturated carbocycles. The first-order valence-corrected chi connectivity index (χ1v) is 22.5. The summed E-state index contributed by atoms with van der Waals surface area (Å²) >= 11 is 0. The fourth-order valence-corrected chi connectivity index (χ4v) is 10.1. The van der Waals surface area contributed by atoms with Crippen LogP contribution in [0.15, 0.2) is 67.0 Å². The van der Waals surface area contributed by atoms with Crippen LogP contribution >= 0.6 is 0 Å². The number of piperazine rings is 1. The Morgan fingerprint density at radius 1 is 0.892 bits per heavy atom. The number of rotatable bonds is 12. The molecular weight excluding hydrogens is 832 g/mol. The van der Waals surface area contributed by atoms with Gasteiger partial charge in [0.15, 0.2) is 5.65 Å². The van der Waals surface area contributed by atoms with Crippen LogP contribution in [0.4, 0.5) is 15.9 Å². The molecule has 338 valence electrons. The Morgan fingerprint density at radius 2 is 1.66 bits per heavy atom. The van der Waals surface area contributed by atoms with Crippen molar-refractivity contribution in [3.05, 3.63) is 95.1 Å². The Labute approximate surface area is 375 Å². The van der Waals surface area contributed by atoms with Crippen molar-refractivity contribution in [2.45, 2.75) is 56.9 Å². The van der Waals surface area contributed by atoms with Gasteiger partial charge in [0.05, 0.1) is 24.1 Å². The van der Waals surface area contributed by atoms with E-state index in [2.05, 4.69) is 46.3 Å². The van der Waals surface area contributed by atoms with Gasteiger partial charge in [-0.25, -0.2) is 19.0 Å². The summed E-state index contributed by atoms with van der Waals surface area (Å²) in [6, 6.07) is 17.7. The molecule has 10 rings (SSSR count). The van der Waals surface area contributed by atoms with Gasteiger partial charge < -0.3 is 25.6 Å². The molecule has 0 bridgehead atoms. The van der Waals surface area contributed by atoms with E-state index in [0.29, 0.717) is 36.1 Å². The number of carbonyl (C=O) groups is 4. The van der Waals surface area contributed by atoms with Crippen LogP contribution in [-0.4, -0.2) is 148 Å². The van der Waals surface area contributed by atoms with E-state index in [4.69, 9.17) is 15.6 Å². The molecule has 5 aliphatic heterocycles. The monoisotopic (exact) mass is 884 g/mol. The lowest BCUT2D eigenvalue weighted by atomic mass is 9.99. The molecule has 5 aromatic rings. The molecule has 0 spiro atoms. The molecule has 4 fully saturated rings. The third-order valence-electron chi connectivity index (χ3n) is 13.9. The Morgan fingerprint density at radius 3 is 2.42 bits per heavy atom. The van der Waals surface area contributed by atoms with Crippen molar-refractivity contribution in [2.24, 2.45) is 0 Å². The van der Waals surface area contributed by atoms with E-state index >= 15 is 0 Å². The molecule has 4 saturated heterocycles. The Kier molecular flexibility index (Phi) is 11.6. The first kappa shape index (κ1) is 42.5. The summed E-state index contributed by atoms with van der Waals surface area (Å²) in [4.78, 5) is 70.8. The largest absolute Gasteiger partial charge is 0.496 e. The van der Waals surface area contributed by atoms with Gasteiger partial charge in [-0.3, -0.25) is 39.2 Å². The topological polar surface area (TPSA) is 187 Å². The van der Waals surface area contributed by atoms with Gasteiger partial charge in [-0.05, 0) is 66.8 Å². The summed E-state index contributed by atoms with van der Waals surface area (Å²) in [6.07, 6.45) is 4.01. The Bertz CT molecular complexity index is 2640. The lowest BCUT2D eigenvalue weighted by Crippen LogP contribution is -2.62. The van der Waals surface area contributed by atoms with Gasteiger partial charge in [0.1, 0.15) is 35.4 Å². The first-order chi connectivity index (χ1) is 31.6. The highest BCUT2D eigenvalue weighted by Gasteiger charge is 2.40. The van der Waals surface area contributed by atoms with Gasteiger partial charge in [-0.1, -0.05) is 24.3 Å². The second-order valence-electron chi connectivity index (χ2n) is 17.7. The number of ether oxygens (including phenoxy) is 1. The lowest BCUT2D eigenvalue weighted by molar-refractivity contribution is -0.136. The average Bonchev–Trinajstić information content (AvgIpc) is 3.86. The van der Waals surface area contributed by atoms with Crippen molar-refractivity contribution in [2.75, 3.05) is 83.2 Å². The third kappa shape index (κ3) is 8.48. The zero-order valence-electron chi connectivity index (χ0n) is 36.4. The molecule has 17 nitrogen and oxygen atoms in total. The fraction of sp³-hybridized carbons (Fsp3) is 0.426. The molecule has 2 aromatic heterocycles. The second kappa shape index (κ2) is 17.8. The van der Waals surface area contributed by atoms with Gasteiger partial charge >= 0.3 is 0 Å². The van der Waals surface area contributed by atoms with Gasteiger partial charge in [0.2, 0.25) is 11.8 Å². The van der Waals surface area contributed by atoms with Gasteiger partial charge in [-0.15, -0.1) is 0 Å². The number of carbonyl (C=O) groups excluding carboxylic acids is 4. The number of fused-ring (bicyclic) bond motifs is 2. The number of imide groups is 1. The SMILES string of the molecule is COc1ccc(F)cc1C(=O)NCc1ccc(-c2nn(C3CCN(C4CN(CCN5CCN(c6ccc7c(c6)CN(C6CCC(=O)NC6=O)C7=O)CC5)C4)CC3)c3ncnc(N)c23)cc1. The summed E-state index contributed by atoms with van der Waals surface area (Å²) in [6.45, 7) is 10.6. The van der Waals surface area contributed by atoms with Crippen molar-refractivity contribution >= 4 is 46.2 Å². The molecule has 1 atom stereocenters. The quantitative estimate of drug-likeness (QED) is 0.156. The van der Waals surface area contributed by atoms with Gasteiger partial charge in [-0.2, -0.15) is 5.10 Å². The van der Waals surface area contributed by atoms with E-state index in [1.807, 2.05) is 41.1 Å². The maximum Gasteiger partial charge on any atom is 0.255 e. The molecule has 65 heavy (non-hydrogen) atoms. The number of methoxy groups -OCH3 is 1. The number of aromatic nitrogens is 4. The predicted molar refractivity (Wildman–Crippen MR) is 241 cm³/mol. The van der Waals surface area contributed by atoms with Crippen molar-refractivity contribution in [1.29, 1.82) is 0 Å². The van der Waals surface area contributed by atoms with Crippen LogP contribution in [0.1, 0.15) is 63.6 Å². The highest BCUT2D eigenvalue weighted by Crippen LogP contribution is 2.36. The molecular formula is C47H53FN12O5. The Hall–Kier alpha value is -6.50. The van der Waals surface area contributed by atoms with E-state index < -0.39 is 17.8 Å². The number of nitrogens with zero attached hydrogens (tertiary/aromatic N) is 9. The summed E-state index contributed by atoms with van der Waals surface area (Å²) < 4.78 is 21.1. The fourth-order valence-electron chi connectivity index (χ4n) is 10.1. The van der Waals surface area contributed by atoms with Crippen LogP contribution in [0.25, 0.3) is 22.3 Å². The van der Waals surface area contributed by atoms with Crippen molar-refractivity contribution in [3.8, 4) is 17.0 Å². The summed E-state index contributed by atoms with van der Waals surface area (Å²) in [5.41, 5.74) is 12.5. The standard InChI is InChI=1S/C47H53FN12O5/c1-65-39-10-6-32(48)23-37(39)45(62)50-24-29-2-4-30(5-3-29)42-41-43(49)51-28-52-44(41)60(54-42)33-12-14-57(15-13-33)35-26-56(27-35)17-16-55-18-20-58(21-19-55)34-7-8-36-31(22-34)25-59(47(36)64)38-9-11-40(61)53-46(38)63/h2-8,10,22-23,28,33,35,38H,9,11-21,24-27H2,1H3,(H,50,62)(H2,49,51,52)(H,53,61,63). The smallest absolute Gasteiger partial charge is 0.255 e. The number of nitrogen functional groups attached to an aromatic ring is 1. The Balaban J connectivity index is 0.680. The average molecular weight is 885 g/mol. The van der Waals surface area contributed by atoms with Crippen LogP contribution in [-0.2, 0) is 22.7 Å². The van der Waals surface area contributed by atoms with Crippen molar-refractivity contribution in [1.82, 2.24) is 50.0 Å². The van der Waals surface area contributed by atoms with Gasteiger partial charge in [0.25, 0.3) is 11.8 Å². The van der Waals surface area contributed by atoms with E-state index in [-0.39, 0.29) is 42.3 Å². The zero-order chi connectivity index (χ0) is 44.8. The molecule has 3 aromatic carbocycles. The number of nitrogens with one attached hydrogen (secondary N) is 2. The number of hydrogen-bond donors (Lipinski definition) is 3. The number of halogens is 1. The number of piperidine rings is 2. The molecule has 1 unspecified atom stereocenters. The van der Waals surface area contributed by atoms with E-state index in [1.54, 1.807) is 4.90 Å². The summed E-state index contributed by atoms with van der Waals surface area (Å²) in [5, 5.41) is 11.1. The van der Waals surface area contributed by atoms with E-state index in [9.17, 15) is 23.6 Å². The highest BCUT2D eigenvalue weighted by molar-refractivity contribution is 6.05.